The lowest BCUT2D eigenvalue weighted by atomic mass is 9.81. The molecule has 0 aliphatic carbocycles. The van der Waals surface area contributed by atoms with E-state index in [1.165, 1.54) is 38.9 Å². The Balaban J connectivity index is 2.24. The van der Waals surface area contributed by atoms with Crippen molar-refractivity contribution in [1.29, 1.82) is 0 Å². The summed E-state index contributed by atoms with van der Waals surface area (Å²) in [4.78, 5) is 2.65. The molecule has 1 aliphatic rings. The van der Waals surface area contributed by atoms with Gasteiger partial charge < -0.3 is 4.90 Å². The van der Waals surface area contributed by atoms with Crippen LogP contribution in [0.2, 0.25) is 0 Å². The van der Waals surface area contributed by atoms with E-state index in [1.807, 2.05) is 0 Å². The molecular formula is C15H31N. The molecule has 1 fully saturated rings. The van der Waals surface area contributed by atoms with Crippen molar-refractivity contribution in [2.45, 2.75) is 53.9 Å². The third kappa shape index (κ3) is 4.45. The first-order chi connectivity index (χ1) is 7.50. The van der Waals surface area contributed by atoms with Gasteiger partial charge in [0.1, 0.15) is 0 Å². The van der Waals surface area contributed by atoms with Crippen molar-refractivity contribution >= 4 is 0 Å². The normalized spacial score (nSPS) is 23.6. The lowest BCUT2D eigenvalue weighted by molar-refractivity contribution is 0.214. The van der Waals surface area contributed by atoms with Crippen LogP contribution in [0.4, 0.5) is 0 Å². The Morgan fingerprint density at radius 3 is 2.00 bits per heavy atom. The van der Waals surface area contributed by atoms with Crippen LogP contribution >= 0.6 is 0 Å². The topological polar surface area (TPSA) is 3.24 Å². The molecule has 0 bridgehead atoms. The van der Waals surface area contributed by atoms with Crippen LogP contribution in [0.25, 0.3) is 0 Å². The Morgan fingerprint density at radius 1 is 0.938 bits per heavy atom. The van der Waals surface area contributed by atoms with E-state index in [9.17, 15) is 0 Å². The van der Waals surface area contributed by atoms with Gasteiger partial charge in [-0.05, 0) is 56.0 Å². The van der Waals surface area contributed by atoms with E-state index in [0.29, 0.717) is 0 Å². The molecule has 0 amide bonds. The smallest absolute Gasteiger partial charge is 0.000712 e. The van der Waals surface area contributed by atoms with E-state index in [4.69, 9.17) is 0 Å². The standard InChI is InChI=1S/C15H31N/c1-12(2)15(5)14(4)10-13(3)11-16-8-6-7-9-16/h12-15H,6-11H2,1-5H3. The van der Waals surface area contributed by atoms with Gasteiger partial charge in [0.15, 0.2) is 0 Å². The molecule has 3 atom stereocenters. The molecule has 1 heterocycles. The Hall–Kier alpha value is -0.0400. The minimum absolute atomic E-state index is 0.828. The number of nitrogens with zero attached hydrogens (tertiary/aromatic N) is 1. The predicted molar refractivity (Wildman–Crippen MR) is 72.6 cm³/mol. The molecule has 1 rings (SSSR count). The summed E-state index contributed by atoms with van der Waals surface area (Å²) in [5, 5.41) is 0. The zero-order valence-electron chi connectivity index (χ0n) is 12.0. The van der Waals surface area contributed by atoms with Crippen LogP contribution in [0.3, 0.4) is 0 Å². The lowest BCUT2D eigenvalue weighted by Crippen LogP contribution is -2.27. The van der Waals surface area contributed by atoms with Crippen LogP contribution in [0, 0.1) is 23.7 Å². The van der Waals surface area contributed by atoms with E-state index in [2.05, 4.69) is 39.5 Å². The zero-order chi connectivity index (χ0) is 12.1. The highest BCUT2D eigenvalue weighted by Gasteiger charge is 2.20. The van der Waals surface area contributed by atoms with Crippen LogP contribution in [-0.2, 0) is 0 Å². The molecule has 3 unspecified atom stereocenters. The van der Waals surface area contributed by atoms with Crippen molar-refractivity contribution in [3.05, 3.63) is 0 Å². The minimum Gasteiger partial charge on any atom is -0.303 e. The van der Waals surface area contributed by atoms with Crippen molar-refractivity contribution in [1.82, 2.24) is 4.90 Å². The maximum absolute atomic E-state index is 2.65. The zero-order valence-corrected chi connectivity index (χ0v) is 12.0. The van der Waals surface area contributed by atoms with Gasteiger partial charge in [-0.15, -0.1) is 0 Å². The molecular weight excluding hydrogens is 194 g/mol. The monoisotopic (exact) mass is 225 g/mol. The molecule has 96 valence electrons. The SMILES string of the molecule is CC(CC(C)C(C)C(C)C)CN1CCCC1. The van der Waals surface area contributed by atoms with E-state index in [1.54, 1.807) is 0 Å². The number of hydrogen-bond acceptors (Lipinski definition) is 1. The van der Waals surface area contributed by atoms with Gasteiger partial charge in [-0.2, -0.15) is 0 Å². The van der Waals surface area contributed by atoms with Crippen LogP contribution in [0.1, 0.15) is 53.9 Å². The molecule has 0 aromatic rings. The van der Waals surface area contributed by atoms with Gasteiger partial charge >= 0.3 is 0 Å². The second-order valence-corrected chi connectivity index (χ2v) is 6.43. The van der Waals surface area contributed by atoms with Crippen molar-refractivity contribution in [3.8, 4) is 0 Å². The minimum atomic E-state index is 0.828. The fourth-order valence-corrected chi connectivity index (χ4v) is 2.99. The summed E-state index contributed by atoms with van der Waals surface area (Å²) in [6.45, 7) is 16.0. The first kappa shape index (κ1) is 14.0. The molecule has 16 heavy (non-hydrogen) atoms. The Kier molecular flexibility index (Phi) is 5.82. The molecule has 0 saturated carbocycles. The van der Waals surface area contributed by atoms with Crippen LogP contribution in [0.15, 0.2) is 0 Å². The summed E-state index contributed by atoms with van der Waals surface area (Å²) in [6, 6.07) is 0. The van der Waals surface area contributed by atoms with Crippen molar-refractivity contribution < 1.29 is 0 Å². The highest BCUT2D eigenvalue weighted by Crippen LogP contribution is 2.26. The number of hydrogen-bond donors (Lipinski definition) is 0. The first-order valence-electron chi connectivity index (χ1n) is 7.23. The Labute approximate surface area is 103 Å². The fourth-order valence-electron chi connectivity index (χ4n) is 2.99. The third-order valence-electron chi connectivity index (χ3n) is 4.49. The molecule has 1 saturated heterocycles. The average molecular weight is 225 g/mol. The van der Waals surface area contributed by atoms with E-state index < -0.39 is 0 Å². The predicted octanol–water partition coefficient (Wildman–Crippen LogP) is 4.04. The molecule has 0 N–H and O–H groups in total. The third-order valence-corrected chi connectivity index (χ3v) is 4.49. The molecule has 1 aliphatic heterocycles. The van der Waals surface area contributed by atoms with Gasteiger partial charge in [0, 0.05) is 6.54 Å². The van der Waals surface area contributed by atoms with Crippen molar-refractivity contribution in [3.63, 3.8) is 0 Å². The molecule has 1 heteroatoms. The van der Waals surface area contributed by atoms with Gasteiger partial charge in [0.2, 0.25) is 0 Å². The van der Waals surface area contributed by atoms with Crippen molar-refractivity contribution in [2.75, 3.05) is 19.6 Å². The summed E-state index contributed by atoms with van der Waals surface area (Å²) in [7, 11) is 0. The molecule has 0 radical (unpaired) electrons. The second kappa shape index (κ2) is 6.64. The summed E-state index contributed by atoms with van der Waals surface area (Å²) >= 11 is 0. The van der Waals surface area contributed by atoms with E-state index >= 15 is 0 Å². The average Bonchev–Trinajstić information content (AvgIpc) is 2.68. The highest BCUT2D eigenvalue weighted by molar-refractivity contribution is 4.73. The molecule has 0 aromatic carbocycles. The quantitative estimate of drug-likeness (QED) is 0.659. The van der Waals surface area contributed by atoms with Gasteiger partial charge in [-0.25, -0.2) is 0 Å². The van der Waals surface area contributed by atoms with E-state index in [-0.39, 0.29) is 0 Å². The van der Waals surface area contributed by atoms with Gasteiger partial charge in [0.25, 0.3) is 0 Å². The van der Waals surface area contributed by atoms with Crippen LogP contribution < -0.4 is 0 Å². The number of rotatable bonds is 6. The highest BCUT2D eigenvalue weighted by atomic mass is 15.1. The summed E-state index contributed by atoms with van der Waals surface area (Å²) in [6.07, 6.45) is 4.24. The van der Waals surface area contributed by atoms with Gasteiger partial charge in [-0.1, -0.05) is 34.6 Å². The van der Waals surface area contributed by atoms with E-state index in [0.717, 1.165) is 23.7 Å². The van der Waals surface area contributed by atoms with Crippen LogP contribution in [0.5, 0.6) is 0 Å². The number of likely N-dealkylation sites (tertiary alicyclic amines) is 1. The lowest BCUT2D eigenvalue weighted by Gasteiger charge is -2.28. The fraction of sp³-hybridized carbons (Fsp3) is 1.00. The Morgan fingerprint density at radius 2 is 1.50 bits per heavy atom. The Bertz CT molecular complexity index is 182. The molecule has 1 nitrogen and oxygen atoms in total. The van der Waals surface area contributed by atoms with Crippen LogP contribution in [-0.4, -0.2) is 24.5 Å². The summed E-state index contributed by atoms with van der Waals surface area (Å²) in [5.74, 6) is 3.43. The summed E-state index contributed by atoms with van der Waals surface area (Å²) in [5.41, 5.74) is 0. The largest absolute Gasteiger partial charge is 0.303 e. The maximum atomic E-state index is 2.65. The van der Waals surface area contributed by atoms with Gasteiger partial charge in [0.05, 0.1) is 0 Å². The maximum Gasteiger partial charge on any atom is 0.000712 e. The summed E-state index contributed by atoms with van der Waals surface area (Å²) < 4.78 is 0. The molecule has 0 aromatic heterocycles. The first-order valence-corrected chi connectivity index (χ1v) is 7.23. The van der Waals surface area contributed by atoms with Gasteiger partial charge in [-0.3, -0.25) is 0 Å². The second-order valence-electron chi connectivity index (χ2n) is 6.43. The molecule has 0 spiro atoms. The van der Waals surface area contributed by atoms with Crippen molar-refractivity contribution in [2.24, 2.45) is 23.7 Å².